The van der Waals surface area contributed by atoms with Crippen LogP contribution in [0.4, 0.5) is 10.1 Å². The van der Waals surface area contributed by atoms with Crippen LogP contribution in [-0.2, 0) is 4.79 Å². The van der Waals surface area contributed by atoms with E-state index < -0.39 is 0 Å². The van der Waals surface area contributed by atoms with Crippen molar-refractivity contribution in [3.8, 4) is 0 Å². The summed E-state index contributed by atoms with van der Waals surface area (Å²) < 4.78 is 12.8. The van der Waals surface area contributed by atoms with Crippen molar-refractivity contribution in [2.24, 2.45) is 0 Å². The number of hydrogen-bond donors (Lipinski definition) is 0. The van der Waals surface area contributed by atoms with Gasteiger partial charge in [-0.1, -0.05) is 0 Å². The molecule has 1 aliphatic rings. The van der Waals surface area contributed by atoms with E-state index in [9.17, 15) is 9.18 Å². The second-order valence-electron chi connectivity index (χ2n) is 4.26. The van der Waals surface area contributed by atoms with Crippen LogP contribution in [0, 0.1) is 5.82 Å². The average molecular weight is 236 g/mol. The predicted octanol–water partition coefficient (Wildman–Crippen LogP) is 1.54. The summed E-state index contributed by atoms with van der Waals surface area (Å²) in [5.74, 6) is -0.196. The van der Waals surface area contributed by atoms with Crippen LogP contribution in [0.5, 0.6) is 0 Å². The van der Waals surface area contributed by atoms with Crippen LogP contribution in [0.2, 0.25) is 0 Å². The van der Waals surface area contributed by atoms with Crippen molar-refractivity contribution < 1.29 is 9.18 Å². The van der Waals surface area contributed by atoms with E-state index in [1.807, 2.05) is 12.1 Å². The molecule has 1 saturated heterocycles. The Balaban J connectivity index is 1.86. The Kier molecular flexibility index (Phi) is 4.09. The lowest BCUT2D eigenvalue weighted by atomic mass is 10.2. The van der Waals surface area contributed by atoms with Crippen molar-refractivity contribution in [2.75, 3.05) is 37.6 Å². The maximum absolute atomic E-state index is 12.8. The van der Waals surface area contributed by atoms with E-state index in [0.717, 1.165) is 44.7 Å². The number of halogens is 1. The molecule has 0 aliphatic carbocycles. The fourth-order valence-electron chi connectivity index (χ4n) is 2.12. The minimum atomic E-state index is -0.196. The highest BCUT2D eigenvalue weighted by atomic mass is 19.1. The highest BCUT2D eigenvalue weighted by molar-refractivity contribution is 5.49. The van der Waals surface area contributed by atoms with Crippen molar-refractivity contribution in [1.29, 1.82) is 0 Å². The van der Waals surface area contributed by atoms with Gasteiger partial charge in [0, 0.05) is 44.8 Å². The van der Waals surface area contributed by atoms with E-state index in [-0.39, 0.29) is 5.82 Å². The van der Waals surface area contributed by atoms with Crippen LogP contribution < -0.4 is 4.90 Å². The summed E-state index contributed by atoms with van der Waals surface area (Å²) in [5, 5.41) is 0. The van der Waals surface area contributed by atoms with Gasteiger partial charge >= 0.3 is 0 Å². The quantitative estimate of drug-likeness (QED) is 0.741. The average Bonchev–Trinajstić information content (AvgIpc) is 2.38. The molecule has 0 aromatic heterocycles. The first-order chi connectivity index (χ1) is 8.29. The number of carbonyl (C=O) groups is 1. The lowest BCUT2D eigenvalue weighted by Gasteiger charge is -2.35. The van der Waals surface area contributed by atoms with E-state index in [1.165, 1.54) is 12.1 Å². The molecule has 2 rings (SSSR count). The fraction of sp³-hybridized carbons (Fsp3) is 0.462. The maximum Gasteiger partial charge on any atom is 0.123 e. The smallest absolute Gasteiger partial charge is 0.123 e. The molecule has 0 amide bonds. The van der Waals surface area contributed by atoms with Crippen LogP contribution in [0.25, 0.3) is 0 Å². The summed E-state index contributed by atoms with van der Waals surface area (Å²) in [7, 11) is 0. The molecule has 1 aliphatic heterocycles. The molecular weight excluding hydrogens is 219 g/mol. The van der Waals surface area contributed by atoms with Gasteiger partial charge in [-0.3, -0.25) is 4.90 Å². The number of benzene rings is 1. The zero-order valence-corrected chi connectivity index (χ0v) is 9.81. The lowest BCUT2D eigenvalue weighted by Crippen LogP contribution is -2.46. The van der Waals surface area contributed by atoms with E-state index in [0.29, 0.717) is 6.42 Å². The van der Waals surface area contributed by atoms with Gasteiger partial charge in [0.25, 0.3) is 0 Å². The van der Waals surface area contributed by atoms with Crippen LogP contribution in [0.3, 0.4) is 0 Å². The number of rotatable bonds is 4. The number of anilines is 1. The minimum absolute atomic E-state index is 0.196. The van der Waals surface area contributed by atoms with Gasteiger partial charge in [0.15, 0.2) is 0 Å². The number of aldehydes is 1. The largest absolute Gasteiger partial charge is 0.369 e. The SMILES string of the molecule is O=CCCN1CCN(c2ccc(F)cc2)CC1. The number of carbonyl (C=O) groups excluding carboxylic acids is 1. The molecule has 0 unspecified atom stereocenters. The summed E-state index contributed by atoms with van der Waals surface area (Å²) in [6.45, 7) is 4.65. The van der Waals surface area contributed by atoms with Gasteiger partial charge in [-0.25, -0.2) is 4.39 Å². The van der Waals surface area contributed by atoms with E-state index in [1.54, 1.807) is 0 Å². The molecule has 0 bridgehead atoms. The Morgan fingerprint density at radius 2 is 1.76 bits per heavy atom. The molecule has 0 atom stereocenters. The van der Waals surface area contributed by atoms with Crippen LogP contribution in [0.15, 0.2) is 24.3 Å². The van der Waals surface area contributed by atoms with Crippen LogP contribution in [-0.4, -0.2) is 43.9 Å². The Morgan fingerprint density at radius 1 is 1.12 bits per heavy atom. The third-order valence-electron chi connectivity index (χ3n) is 3.13. The van der Waals surface area contributed by atoms with Crippen LogP contribution in [0.1, 0.15) is 6.42 Å². The molecule has 0 spiro atoms. The van der Waals surface area contributed by atoms with E-state index in [2.05, 4.69) is 9.80 Å². The second-order valence-corrected chi connectivity index (χ2v) is 4.26. The zero-order valence-electron chi connectivity index (χ0n) is 9.81. The minimum Gasteiger partial charge on any atom is -0.369 e. The Morgan fingerprint density at radius 3 is 2.35 bits per heavy atom. The highest BCUT2D eigenvalue weighted by Gasteiger charge is 2.16. The zero-order chi connectivity index (χ0) is 12.1. The third kappa shape index (κ3) is 3.27. The normalized spacial score (nSPS) is 17.1. The molecule has 17 heavy (non-hydrogen) atoms. The molecule has 4 heteroatoms. The lowest BCUT2D eigenvalue weighted by molar-refractivity contribution is -0.108. The monoisotopic (exact) mass is 236 g/mol. The van der Waals surface area contributed by atoms with Gasteiger partial charge in [-0.15, -0.1) is 0 Å². The molecule has 3 nitrogen and oxygen atoms in total. The standard InChI is InChI=1S/C13H17FN2O/c14-12-2-4-13(5-3-12)16-9-7-15(8-10-16)6-1-11-17/h2-5,11H,1,6-10H2. The first kappa shape index (κ1) is 12.0. The van der Waals surface area contributed by atoms with E-state index >= 15 is 0 Å². The van der Waals surface area contributed by atoms with Gasteiger partial charge in [0.1, 0.15) is 12.1 Å². The topological polar surface area (TPSA) is 23.6 Å². The summed E-state index contributed by atoms with van der Waals surface area (Å²) >= 11 is 0. The van der Waals surface area contributed by atoms with Gasteiger partial charge in [-0.05, 0) is 24.3 Å². The number of nitrogens with zero attached hydrogens (tertiary/aromatic N) is 2. The fourth-order valence-corrected chi connectivity index (χ4v) is 2.12. The molecule has 1 aromatic rings. The second kappa shape index (κ2) is 5.77. The van der Waals surface area contributed by atoms with Gasteiger partial charge in [-0.2, -0.15) is 0 Å². The summed E-state index contributed by atoms with van der Waals surface area (Å²) in [5.41, 5.74) is 1.07. The Hall–Kier alpha value is -1.42. The highest BCUT2D eigenvalue weighted by Crippen LogP contribution is 2.16. The summed E-state index contributed by atoms with van der Waals surface area (Å²) in [6, 6.07) is 6.62. The molecule has 1 aromatic carbocycles. The summed E-state index contributed by atoms with van der Waals surface area (Å²) in [4.78, 5) is 14.8. The summed E-state index contributed by atoms with van der Waals surface area (Å²) in [6.07, 6.45) is 1.57. The molecule has 0 N–H and O–H groups in total. The van der Waals surface area contributed by atoms with E-state index in [4.69, 9.17) is 0 Å². The maximum atomic E-state index is 12.8. The predicted molar refractivity (Wildman–Crippen MR) is 65.7 cm³/mol. The van der Waals surface area contributed by atoms with Crippen LogP contribution >= 0.6 is 0 Å². The number of piperazine rings is 1. The van der Waals surface area contributed by atoms with Gasteiger partial charge in [0.2, 0.25) is 0 Å². The molecule has 0 radical (unpaired) electrons. The van der Waals surface area contributed by atoms with Crippen molar-refractivity contribution >= 4 is 12.0 Å². The van der Waals surface area contributed by atoms with Gasteiger partial charge in [0.05, 0.1) is 0 Å². The first-order valence-electron chi connectivity index (χ1n) is 5.96. The van der Waals surface area contributed by atoms with Crippen molar-refractivity contribution in [3.63, 3.8) is 0 Å². The molecule has 1 heterocycles. The molecular formula is C13H17FN2O. The van der Waals surface area contributed by atoms with Crippen molar-refractivity contribution in [1.82, 2.24) is 4.90 Å². The van der Waals surface area contributed by atoms with Gasteiger partial charge < -0.3 is 9.69 Å². The third-order valence-corrected chi connectivity index (χ3v) is 3.13. The Bertz CT molecular complexity index is 358. The first-order valence-corrected chi connectivity index (χ1v) is 5.96. The number of hydrogen-bond acceptors (Lipinski definition) is 3. The molecule has 92 valence electrons. The van der Waals surface area contributed by atoms with Crippen molar-refractivity contribution in [3.05, 3.63) is 30.1 Å². The molecule has 0 saturated carbocycles. The Labute approximate surface area is 101 Å². The van der Waals surface area contributed by atoms with Crippen molar-refractivity contribution in [2.45, 2.75) is 6.42 Å². The molecule has 1 fully saturated rings.